The summed E-state index contributed by atoms with van der Waals surface area (Å²) in [6.45, 7) is 6.28. The molecule has 4 nitrogen and oxygen atoms in total. The molecule has 2 N–H and O–H groups in total. The van der Waals surface area contributed by atoms with Crippen LogP contribution in [-0.4, -0.2) is 25.2 Å². The van der Waals surface area contributed by atoms with Gasteiger partial charge < -0.3 is 15.3 Å². The summed E-state index contributed by atoms with van der Waals surface area (Å²) >= 11 is 6.30. The summed E-state index contributed by atoms with van der Waals surface area (Å²) < 4.78 is 0. The van der Waals surface area contributed by atoms with E-state index in [4.69, 9.17) is 11.6 Å². The second-order valence-corrected chi connectivity index (χ2v) is 7.38. The Hall–Kier alpha value is -2.20. The van der Waals surface area contributed by atoms with E-state index in [9.17, 15) is 9.90 Å². The molecule has 0 aliphatic heterocycles. The summed E-state index contributed by atoms with van der Waals surface area (Å²) in [6.07, 6.45) is 0. The second kappa shape index (κ2) is 6.73. The topological polar surface area (TPSA) is 52.6 Å². The largest absolute Gasteiger partial charge is 0.478 e. The molecule has 0 aromatic heterocycles. The minimum absolute atomic E-state index is 0.0772. The van der Waals surface area contributed by atoms with Crippen LogP contribution in [0.5, 0.6) is 0 Å². The maximum atomic E-state index is 11.6. The first-order valence-electron chi connectivity index (χ1n) is 7.72. The van der Waals surface area contributed by atoms with Gasteiger partial charge in [0.25, 0.3) is 0 Å². The van der Waals surface area contributed by atoms with Gasteiger partial charge in [0.05, 0.1) is 27.6 Å². The molecule has 0 saturated heterocycles. The normalized spacial score (nSPS) is 11.2. The van der Waals surface area contributed by atoms with Crippen molar-refractivity contribution >= 4 is 34.6 Å². The number of hydrogen-bond acceptors (Lipinski definition) is 3. The molecule has 5 heteroatoms. The highest BCUT2D eigenvalue weighted by Gasteiger charge is 2.19. The lowest BCUT2D eigenvalue weighted by molar-refractivity contribution is 0.0698. The van der Waals surface area contributed by atoms with Gasteiger partial charge in [-0.2, -0.15) is 0 Å². The number of nitrogens with zero attached hydrogens (tertiary/aromatic N) is 1. The van der Waals surface area contributed by atoms with Gasteiger partial charge in [-0.1, -0.05) is 44.5 Å². The zero-order valence-corrected chi connectivity index (χ0v) is 15.4. The van der Waals surface area contributed by atoms with Crippen molar-refractivity contribution < 1.29 is 9.90 Å². The second-order valence-electron chi connectivity index (χ2n) is 6.97. The highest BCUT2D eigenvalue weighted by Crippen LogP contribution is 2.36. The van der Waals surface area contributed by atoms with Gasteiger partial charge in [-0.05, 0) is 35.2 Å². The highest BCUT2D eigenvalue weighted by molar-refractivity contribution is 6.34. The fourth-order valence-electron chi connectivity index (χ4n) is 2.52. The van der Waals surface area contributed by atoms with Gasteiger partial charge in [0, 0.05) is 14.1 Å². The van der Waals surface area contributed by atoms with Crippen LogP contribution in [0.2, 0.25) is 5.02 Å². The Morgan fingerprint density at radius 1 is 1.12 bits per heavy atom. The first-order valence-corrected chi connectivity index (χ1v) is 8.09. The average molecular weight is 347 g/mol. The van der Waals surface area contributed by atoms with Crippen molar-refractivity contribution in [2.24, 2.45) is 0 Å². The quantitative estimate of drug-likeness (QED) is 0.804. The molecular weight excluding hydrogens is 324 g/mol. The summed E-state index contributed by atoms with van der Waals surface area (Å²) in [6, 6.07) is 10.9. The summed E-state index contributed by atoms with van der Waals surface area (Å²) in [4.78, 5) is 13.5. The smallest absolute Gasteiger partial charge is 0.337 e. The van der Waals surface area contributed by atoms with Crippen LogP contribution in [0.3, 0.4) is 0 Å². The van der Waals surface area contributed by atoms with Crippen LogP contribution in [0.4, 0.5) is 17.1 Å². The van der Waals surface area contributed by atoms with Crippen LogP contribution in [0.15, 0.2) is 36.4 Å². The maximum absolute atomic E-state index is 11.6. The van der Waals surface area contributed by atoms with Crippen LogP contribution in [0.25, 0.3) is 0 Å². The molecule has 0 fully saturated rings. The highest BCUT2D eigenvalue weighted by atomic mass is 35.5. The van der Waals surface area contributed by atoms with E-state index in [0.717, 1.165) is 16.9 Å². The van der Waals surface area contributed by atoms with Crippen molar-refractivity contribution in [3.63, 3.8) is 0 Å². The van der Waals surface area contributed by atoms with Gasteiger partial charge >= 0.3 is 5.97 Å². The molecule has 0 bridgehead atoms. The summed E-state index contributed by atoms with van der Waals surface area (Å²) in [5, 5.41) is 13.3. The molecule has 0 atom stereocenters. The minimum Gasteiger partial charge on any atom is -0.478 e. The fourth-order valence-corrected chi connectivity index (χ4v) is 2.86. The van der Waals surface area contributed by atoms with Crippen molar-refractivity contribution in [1.82, 2.24) is 0 Å². The van der Waals surface area contributed by atoms with Crippen LogP contribution < -0.4 is 10.2 Å². The molecule has 0 amide bonds. The zero-order chi connectivity index (χ0) is 18.1. The molecule has 2 aromatic rings. The molecule has 0 aliphatic rings. The van der Waals surface area contributed by atoms with E-state index in [1.54, 1.807) is 6.07 Å². The molecule has 0 spiro atoms. The fraction of sp³-hybridized carbons (Fsp3) is 0.316. The lowest BCUT2D eigenvalue weighted by Gasteiger charge is -2.23. The number of aromatic carboxylic acids is 1. The van der Waals surface area contributed by atoms with Crippen LogP contribution in [-0.2, 0) is 5.41 Å². The maximum Gasteiger partial charge on any atom is 0.337 e. The first-order chi connectivity index (χ1) is 11.1. The summed E-state index contributed by atoms with van der Waals surface area (Å²) in [7, 11) is 3.80. The Kier molecular flexibility index (Phi) is 5.09. The average Bonchev–Trinajstić information content (AvgIpc) is 2.45. The zero-order valence-electron chi connectivity index (χ0n) is 14.6. The number of anilines is 3. The number of benzene rings is 2. The monoisotopic (exact) mass is 346 g/mol. The summed E-state index contributed by atoms with van der Waals surface area (Å²) in [5.74, 6) is -0.966. The number of carbonyl (C=O) groups is 1. The first kappa shape index (κ1) is 18.1. The van der Waals surface area contributed by atoms with E-state index in [-0.39, 0.29) is 11.0 Å². The Morgan fingerprint density at radius 2 is 1.79 bits per heavy atom. The van der Waals surface area contributed by atoms with Crippen molar-refractivity contribution in [1.29, 1.82) is 0 Å². The van der Waals surface area contributed by atoms with E-state index in [0.29, 0.717) is 10.7 Å². The Morgan fingerprint density at radius 3 is 2.33 bits per heavy atom. The third-order valence-corrected chi connectivity index (χ3v) is 4.12. The Balaban J connectivity index is 2.57. The predicted molar refractivity (Wildman–Crippen MR) is 101 cm³/mol. The van der Waals surface area contributed by atoms with Gasteiger partial charge in [0.2, 0.25) is 0 Å². The SMILES string of the molecule is CN(C)c1c(Cl)cccc1Nc1cc(C(C)(C)C)ccc1C(=O)O. The van der Waals surface area contributed by atoms with Crippen LogP contribution in [0.1, 0.15) is 36.7 Å². The molecule has 2 rings (SSSR count). The lowest BCUT2D eigenvalue weighted by Crippen LogP contribution is -2.14. The number of hydrogen-bond donors (Lipinski definition) is 2. The van der Waals surface area contributed by atoms with Gasteiger partial charge in [-0.25, -0.2) is 4.79 Å². The molecule has 0 saturated carbocycles. The van der Waals surface area contributed by atoms with Gasteiger partial charge in [0.15, 0.2) is 0 Å². The van der Waals surface area contributed by atoms with E-state index in [1.165, 1.54) is 0 Å². The van der Waals surface area contributed by atoms with Gasteiger partial charge in [-0.3, -0.25) is 0 Å². The van der Waals surface area contributed by atoms with Crippen molar-refractivity contribution in [3.8, 4) is 0 Å². The van der Waals surface area contributed by atoms with Crippen LogP contribution >= 0.6 is 11.6 Å². The standard InChI is InChI=1S/C19H23ClN2O2/c1-19(2,3)12-9-10-13(18(23)24)16(11-12)21-15-8-6-7-14(20)17(15)22(4)5/h6-11,21H,1-5H3,(H,23,24). The number of nitrogens with one attached hydrogen (secondary N) is 1. The molecular formula is C19H23ClN2O2. The van der Waals surface area contributed by atoms with E-state index in [1.807, 2.05) is 49.3 Å². The molecule has 128 valence electrons. The lowest BCUT2D eigenvalue weighted by atomic mass is 9.86. The molecule has 0 radical (unpaired) electrons. The van der Waals surface area contributed by atoms with Crippen molar-refractivity contribution in [2.75, 3.05) is 24.3 Å². The van der Waals surface area contributed by atoms with Crippen LogP contribution in [0, 0.1) is 0 Å². The van der Waals surface area contributed by atoms with Crippen molar-refractivity contribution in [3.05, 3.63) is 52.5 Å². The van der Waals surface area contributed by atoms with E-state index < -0.39 is 5.97 Å². The molecule has 0 aliphatic carbocycles. The third-order valence-electron chi connectivity index (χ3n) is 3.82. The number of carboxylic acid groups (broad SMARTS) is 1. The van der Waals surface area contributed by atoms with Gasteiger partial charge in [0.1, 0.15) is 0 Å². The Bertz CT molecular complexity index is 764. The van der Waals surface area contributed by atoms with E-state index >= 15 is 0 Å². The van der Waals surface area contributed by atoms with Crippen molar-refractivity contribution in [2.45, 2.75) is 26.2 Å². The molecule has 0 unspecified atom stereocenters. The summed E-state index contributed by atoms with van der Waals surface area (Å²) in [5.41, 5.74) is 3.35. The predicted octanol–water partition coefficient (Wildman–Crippen LogP) is 5.15. The molecule has 0 heterocycles. The third kappa shape index (κ3) is 3.82. The van der Waals surface area contributed by atoms with Gasteiger partial charge in [-0.15, -0.1) is 0 Å². The Labute approximate surface area is 148 Å². The minimum atomic E-state index is -0.966. The number of para-hydroxylation sites is 1. The number of halogens is 1. The molecule has 2 aromatic carbocycles. The number of rotatable bonds is 4. The molecule has 24 heavy (non-hydrogen) atoms. The number of carboxylic acids is 1. The van der Waals surface area contributed by atoms with E-state index in [2.05, 4.69) is 26.1 Å².